The number of benzene rings is 3. The van der Waals surface area contributed by atoms with E-state index in [0.29, 0.717) is 0 Å². The second-order valence-corrected chi connectivity index (χ2v) is 4.81. The molecule has 0 heteroatoms. The van der Waals surface area contributed by atoms with Gasteiger partial charge in [-0.1, -0.05) is 129 Å². The summed E-state index contributed by atoms with van der Waals surface area (Å²) in [7, 11) is 0. The average Bonchev–Trinajstić information content (AvgIpc) is 2.70. The SMILES string of the molecule is C=Cc1ccccc1.C=Cc1ccccc1C=C.c1ccccc1. The van der Waals surface area contributed by atoms with Crippen LogP contribution in [0.2, 0.25) is 0 Å². The minimum atomic E-state index is 1.14. The Labute approximate surface area is 146 Å². The van der Waals surface area contributed by atoms with Gasteiger partial charge >= 0.3 is 0 Å². The highest BCUT2D eigenvalue weighted by molar-refractivity contribution is 5.63. The molecule has 0 N–H and O–H groups in total. The standard InChI is InChI=1S/C10H10.C8H8.C6H6/c1-3-9-7-5-6-8-10(9)4-2;1-2-8-6-4-3-5-7-8;1-2-4-6-5-3-1/h3-8H,1-2H2;2-7H,1H2;1-6H. The van der Waals surface area contributed by atoms with E-state index in [9.17, 15) is 0 Å². The molecule has 0 spiro atoms. The van der Waals surface area contributed by atoms with Crippen LogP contribution in [0.3, 0.4) is 0 Å². The van der Waals surface area contributed by atoms with E-state index >= 15 is 0 Å². The van der Waals surface area contributed by atoms with Crippen LogP contribution >= 0.6 is 0 Å². The zero-order valence-corrected chi connectivity index (χ0v) is 14.0. The average molecular weight is 312 g/mol. The van der Waals surface area contributed by atoms with Gasteiger partial charge in [0.1, 0.15) is 0 Å². The second kappa shape index (κ2) is 12.4. The van der Waals surface area contributed by atoms with Gasteiger partial charge in [-0.15, -0.1) is 0 Å². The monoisotopic (exact) mass is 312 g/mol. The van der Waals surface area contributed by atoms with Crippen molar-refractivity contribution in [1.82, 2.24) is 0 Å². The molecule has 0 radical (unpaired) electrons. The zero-order valence-electron chi connectivity index (χ0n) is 14.0. The fourth-order valence-electron chi connectivity index (χ4n) is 1.86. The van der Waals surface area contributed by atoms with E-state index < -0.39 is 0 Å². The molecular weight excluding hydrogens is 288 g/mol. The lowest BCUT2D eigenvalue weighted by Crippen LogP contribution is -1.76. The molecule has 0 atom stereocenters. The Kier molecular flexibility index (Phi) is 9.80. The molecule has 0 aliphatic rings. The Balaban J connectivity index is 0.000000186. The maximum atomic E-state index is 3.69. The van der Waals surface area contributed by atoms with Crippen molar-refractivity contribution in [2.24, 2.45) is 0 Å². The summed E-state index contributed by atoms with van der Waals surface area (Å²) < 4.78 is 0. The molecule has 0 aliphatic carbocycles. The fraction of sp³-hybridized carbons (Fsp3) is 0. The Bertz CT molecular complexity index is 656. The van der Waals surface area contributed by atoms with Crippen LogP contribution in [0.5, 0.6) is 0 Å². The van der Waals surface area contributed by atoms with Gasteiger partial charge in [-0.2, -0.15) is 0 Å². The van der Waals surface area contributed by atoms with Crippen LogP contribution in [0.25, 0.3) is 18.2 Å². The molecule has 0 unspecified atom stereocenters. The van der Waals surface area contributed by atoms with Crippen molar-refractivity contribution in [2.75, 3.05) is 0 Å². The van der Waals surface area contributed by atoms with E-state index in [4.69, 9.17) is 0 Å². The van der Waals surface area contributed by atoms with Gasteiger partial charge in [-0.25, -0.2) is 0 Å². The molecule has 0 saturated heterocycles. The van der Waals surface area contributed by atoms with Crippen molar-refractivity contribution in [3.8, 4) is 0 Å². The van der Waals surface area contributed by atoms with E-state index in [-0.39, 0.29) is 0 Å². The highest BCUT2D eigenvalue weighted by atomic mass is 13.9. The summed E-state index contributed by atoms with van der Waals surface area (Å²) in [5.41, 5.74) is 3.45. The van der Waals surface area contributed by atoms with Crippen LogP contribution in [-0.4, -0.2) is 0 Å². The normalized spacial score (nSPS) is 8.50. The number of hydrogen-bond acceptors (Lipinski definition) is 0. The first-order valence-electron chi connectivity index (χ1n) is 7.83. The molecule has 24 heavy (non-hydrogen) atoms. The topological polar surface area (TPSA) is 0 Å². The maximum absolute atomic E-state index is 3.69. The first-order valence-corrected chi connectivity index (χ1v) is 7.83. The van der Waals surface area contributed by atoms with Gasteiger partial charge in [0.15, 0.2) is 0 Å². The lowest BCUT2D eigenvalue weighted by Gasteiger charge is -1.96. The van der Waals surface area contributed by atoms with Crippen molar-refractivity contribution in [3.63, 3.8) is 0 Å². The Morgan fingerprint density at radius 1 is 0.417 bits per heavy atom. The summed E-state index contributed by atoms with van der Waals surface area (Å²) in [6.45, 7) is 11.0. The largest absolute Gasteiger partial charge is 0.0985 e. The van der Waals surface area contributed by atoms with Gasteiger partial charge in [0.2, 0.25) is 0 Å². The first kappa shape index (κ1) is 18.9. The summed E-state index contributed by atoms with van der Waals surface area (Å²) in [6, 6.07) is 30.0. The molecule has 0 nitrogen and oxygen atoms in total. The van der Waals surface area contributed by atoms with Gasteiger partial charge in [0.05, 0.1) is 0 Å². The second-order valence-electron chi connectivity index (χ2n) is 4.81. The van der Waals surface area contributed by atoms with Crippen LogP contribution in [-0.2, 0) is 0 Å². The van der Waals surface area contributed by atoms with Crippen molar-refractivity contribution < 1.29 is 0 Å². The molecule has 0 heterocycles. The van der Waals surface area contributed by atoms with E-state index in [1.807, 2.05) is 109 Å². The minimum Gasteiger partial charge on any atom is -0.0985 e. The molecule has 3 aromatic carbocycles. The summed E-state index contributed by atoms with van der Waals surface area (Å²) >= 11 is 0. The molecule has 0 aromatic heterocycles. The van der Waals surface area contributed by atoms with Crippen LogP contribution in [0.15, 0.2) is 111 Å². The van der Waals surface area contributed by atoms with Crippen LogP contribution in [0, 0.1) is 0 Å². The molecule has 0 bridgehead atoms. The summed E-state index contributed by atoms with van der Waals surface area (Å²) in [5.74, 6) is 0. The Hall–Kier alpha value is -3.12. The van der Waals surface area contributed by atoms with Crippen molar-refractivity contribution >= 4 is 18.2 Å². The summed E-state index contributed by atoms with van der Waals surface area (Å²) in [6.07, 6.45) is 5.49. The Morgan fingerprint density at radius 3 is 1.04 bits per heavy atom. The number of hydrogen-bond donors (Lipinski definition) is 0. The molecule has 0 saturated carbocycles. The van der Waals surface area contributed by atoms with E-state index in [1.54, 1.807) is 0 Å². The molecular formula is C24H24. The Morgan fingerprint density at radius 2 is 0.750 bits per heavy atom. The third kappa shape index (κ3) is 7.77. The lowest BCUT2D eigenvalue weighted by molar-refractivity contribution is 1.62. The summed E-state index contributed by atoms with van der Waals surface area (Å²) in [4.78, 5) is 0. The molecule has 3 rings (SSSR count). The van der Waals surface area contributed by atoms with Crippen molar-refractivity contribution in [1.29, 1.82) is 0 Å². The summed E-state index contributed by atoms with van der Waals surface area (Å²) in [5, 5.41) is 0. The third-order valence-electron chi connectivity index (χ3n) is 3.14. The van der Waals surface area contributed by atoms with Crippen molar-refractivity contribution in [3.05, 3.63) is 127 Å². The van der Waals surface area contributed by atoms with Gasteiger partial charge in [0.25, 0.3) is 0 Å². The van der Waals surface area contributed by atoms with Crippen LogP contribution in [0.4, 0.5) is 0 Å². The fourth-order valence-corrected chi connectivity index (χ4v) is 1.86. The van der Waals surface area contributed by atoms with Gasteiger partial charge in [0, 0.05) is 0 Å². The van der Waals surface area contributed by atoms with Gasteiger partial charge in [-0.3, -0.25) is 0 Å². The molecule has 0 amide bonds. The number of rotatable bonds is 3. The zero-order chi connectivity index (χ0) is 17.5. The maximum Gasteiger partial charge on any atom is -0.0190 e. The molecule has 0 aliphatic heterocycles. The van der Waals surface area contributed by atoms with E-state index in [0.717, 1.165) is 11.1 Å². The lowest BCUT2D eigenvalue weighted by atomic mass is 10.1. The highest BCUT2D eigenvalue weighted by Gasteiger charge is 1.89. The van der Waals surface area contributed by atoms with Gasteiger partial charge in [-0.05, 0) is 16.7 Å². The first-order chi connectivity index (χ1) is 11.8. The molecule has 3 aromatic rings. The molecule has 0 fully saturated rings. The smallest absolute Gasteiger partial charge is 0.0190 e. The predicted octanol–water partition coefficient (Wildman–Crippen LogP) is 6.99. The van der Waals surface area contributed by atoms with E-state index in [2.05, 4.69) is 19.7 Å². The minimum absolute atomic E-state index is 1.14. The highest BCUT2D eigenvalue weighted by Crippen LogP contribution is 2.10. The van der Waals surface area contributed by atoms with E-state index in [1.165, 1.54) is 5.56 Å². The van der Waals surface area contributed by atoms with Crippen molar-refractivity contribution in [2.45, 2.75) is 0 Å². The van der Waals surface area contributed by atoms with Crippen LogP contribution in [0.1, 0.15) is 16.7 Å². The third-order valence-corrected chi connectivity index (χ3v) is 3.14. The van der Waals surface area contributed by atoms with Crippen LogP contribution < -0.4 is 0 Å². The predicted molar refractivity (Wildman–Crippen MR) is 110 cm³/mol. The molecule has 120 valence electrons. The van der Waals surface area contributed by atoms with Gasteiger partial charge < -0.3 is 0 Å². The quantitative estimate of drug-likeness (QED) is 0.489.